The van der Waals surface area contributed by atoms with Crippen LogP contribution in [0.15, 0.2) is 24.3 Å². The number of aromatic nitrogens is 2. The lowest BCUT2D eigenvalue weighted by molar-refractivity contribution is 0.591. The Kier molecular flexibility index (Phi) is 3.20. The van der Waals surface area contributed by atoms with Crippen LogP contribution in [0.1, 0.15) is 18.5 Å². The number of aryl methyl sites for hydroxylation is 1. The minimum absolute atomic E-state index is 0.651. The minimum atomic E-state index is 0.651. The predicted molar refractivity (Wildman–Crippen MR) is 78.4 cm³/mol. The molecule has 0 aliphatic carbocycles. The van der Waals surface area contributed by atoms with E-state index in [1.165, 1.54) is 23.6 Å². The molecule has 0 spiro atoms. The van der Waals surface area contributed by atoms with Crippen LogP contribution >= 0.6 is 15.9 Å². The number of nitrogens with zero attached hydrogens (tertiary/aromatic N) is 3. The van der Waals surface area contributed by atoms with E-state index in [2.05, 4.69) is 55.3 Å². The Hall–Kier alpha value is -1.16. The van der Waals surface area contributed by atoms with Gasteiger partial charge in [-0.25, -0.2) is 0 Å². The Bertz CT molecular complexity index is 562. The molecule has 1 fully saturated rings. The predicted octanol–water partition coefficient (Wildman–Crippen LogP) is 3.30. The quantitative estimate of drug-likeness (QED) is 0.757. The van der Waals surface area contributed by atoms with Crippen LogP contribution in [0.3, 0.4) is 0 Å². The lowest BCUT2D eigenvalue weighted by atomic mass is 10.1. The molecule has 0 radical (unpaired) electrons. The van der Waals surface area contributed by atoms with Crippen molar-refractivity contribution in [3.8, 4) is 0 Å². The number of rotatable bonds is 1. The highest BCUT2D eigenvalue weighted by atomic mass is 79.9. The number of hydrogen-bond acceptors (Lipinski definition) is 3. The minimum Gasteiger partial charge on any atom is -0.355 e. The highest BCUT2D eigenvalue weighted by Gasteiger charge is 2.20. The first-order valence-electron chi connectivity index (χ1n) is 6.37. The number of fused-ring (bicyclic) bond motifs is 1. The Morgan fingerprint density at radius 2 is 1.78 bits per heavy atom. The van der Waals surface area contributed by atoms with Gasteiger partial charge in [-0.2, -0.15) is 5.10 Å². The number of hydrogen-bond donors (Lipinski definition) is 0. The molecule has 1 aliphatic heterocycles. The van der Waals surface area contributed by atoms with Crippen molar-refractivity contribution in [1.29, 1.82) is 0 Å². The summed E-state index contributed by atoms with van der Waals surface area (Å²) in [6, 6.07) is 8.41. The van der Waals surface area contributed by atoms with Crippen LogP contribution in [0.2, 0.25) is 0 Å². The van der Waals surface area contributed by atoms with Gasteiger partial charge in [0.05, 0.1) is 5.69 Å². The summed E-state index contributed by atoms with van der Waals surface area (Å²) in [7, 11) is 0. The highest BCUT2D eigenvalue weighted by molar-refractivity contribution is 9.09. The maximum absolute atomic E-state index is 4.42. The van der Waals surface area contributed by atoms with Gasteiger partial charge in [-0.05, 0) is 19.8 Å². The van der Waals surface area contributed by atoms with Crippen LogP contribution in [0.4, 0.5) is 5.82 Å². The molecule has 2 aromatic rings. The molecule has 0 bridgehead atoms. The van der Waals surface area contributed by atoms with Crippen molar-refractivity contribution in [2.75, 3.05) is 18.0 Å². The van der Waals surface area contributed by atoms with Gasteiger partial charge in [0.1, 0.15) is 0 Å². The van der Waals surface area contributed by atoms with Gasteiger partial charge in [0.15, 0.2) is 5.82 Å². The van der Waals surface area contributed by atoms with E-state index in [0.717, 1.165) is 24.6 Å². The normalized spacial score (nSPS) is 17.3. The van der Waals surface area contributed by atoms with Crippen molar-refractivity contribution in [2.45, 2.75) is 24.6 Å². The van der Waals surface area contributed by atoms with Crippen LogP contribution in [-0.2, 0) is 0 Å². The van der Waals surface area contributed by atoms with E-state index < -0.39 is 0 Å². The monoisotopic (exact) mass is 305 g/mol. The van der Waals surface area contributed by atoms with Crippen molar-refractivity contribution in [3.63, 3.8) is 0 Å². The van der Waals surface area contributed by atoms with E-state index in [1.807, 2.05) is 6.92 Å². The topological polar surface area (TPSA) is 29.0 Å². The van der Waals surface area contributed by atoms with Crippen LogP contribution in [-0.4, -0.2) is 28.1 Å². The molecule has 1 aromatic carbocycles. The Morgan fingerprint density at radius 3 is 2.50 bits per heavy atom. The Labute approximate surface area is 115 Å². The number of piperidine rings is 1. The summed E-state index contributed by atoms with van der Waals surface area (Å²) < 4.78 is 0. The molecule has 3 nitrogen and oxygen atoms in total. The van der Waals surface area contributed by atoms with Gasteiger partial charge in [-0.1, -0.05) is 40.2 Å². The molecule has 0 N–H and O–H groups in total. The third kappa shape index (κ3) is 2.09. The first-order valence-corrected chi connectivity index (χ1v) is 7.28. The standard InChI is InChI=1S/C14H16BrN3/c1-10-12-4-2-3-5-13(12)14(17-16-10)18-8-6-11(15)7-9-18/h2-5,11H,6-9H2,1H3. The lowest BCUT2D eigenvalue weighted by Crippen LogP contribution is -2.34. The van der Waals surface area contributed by atoms with E-state index in [1.54, 1.807) is 0 Å². The lowest BCUT2D eigenvalue weighted by Gasteiger charge is -2.30. The second-order valence-corrected chi connectivity index (χ2v) is 6.11. The molecule has 0 unspecified atom stereocenters. The molecule has 0 atom stereocenters. The van der Waals surface area contributed by atoms with Crippen molar-refractivity contribution >= 4 is 32.5 Å². The summed E-state index contributed by atoms with van der Waals surface area (Å²) in [4.78, 5) is 3.01. The molecule has 18 heavy (non-hydrogen) atoms. The molecule has 1 aromatic heterocycles. The Morgan fingerprint density at radius 1 is 1.11 bits per heavy atom. The summed E-state index contributed by atoms with van der Waals surface area (Å²) in [5, 5.41) is 11.1. The Balaban J connectivity index is 2.04. The molecule has 0 amide bonds. The smallest absolute Gasteiger partial charge is 0.159 e. The van der Waals surface area contributed by atoms with E-state index in [-0.39, 0.29) is 0 Å². The SMILES string of the molecule is Cc1nnc(N2CCC(Br)CC2)c2ccccc12. The zero-order valence-corrected chi connectivity index (χ0v) is 12.0. The summed E-state index contributed by atoms with van der Waals surface area (Å²) in [6.45, 7) is 4.12. The summed E-state index contributed by atoms with van der Waals surface area (Å²) >= 11 is 3.69. The van der Waals surface area contributed by atoms with Gasteiger partial charge >= 0.3 is 0 Å². The summed E-state index contributed by atoms with van der Waals surface area (Å²) in [6.07, 6.45) is 2.34. The van der Waals surface area contributed by atoms with Crippen molar-refractivity contribution in [2.24, 2.45) is 0 Å². The molecule has 3 rings (SSSR count). The number of benzene rings is 1. The fraction of sp³-hybridized carbons (Fsp3) is 0.429. The number of halogens is 1. The highest BCUT2D eigenvalue weighted by Crippen LogP contribution is 2.28. The maximum Gasteiger partial charge on any atom is 0.159 e. The second kappa shape index (κ2) is 4.84. The van der Waals surface area contributed by atoms with Crippen molar-refractivity contribution < 1.29 is 0 Å². The van der Waals surface area contributed by atoms with E-state index in [0.29, 0.717) is 4.83 Å². The van der Waals surface area contributed by atoms with E-state index in [4.69, 9.17) is 0 Å². The fourth-order valence-corrected chi connectivity index (χ4v) is 2.93. The zero-order chi connectivity index (χ0) is 12.5. The molecule has 1 saturated heterocycles. The average Bonchev–Trinajstić information content (AvgIpc) is 2.41. The van der Waals surface area contributed by atoms with Crippen LogP contribution in [0, 0.1) is 6.92 Å². The van der Waals surface area contributed by atoms with Crippen molar-refractivity contribution in [3.05, 3.63) is 30.0 Å². The van der Waals surface area contributed by atoms with Gasteiger partial charge in [-0.15, -0.1) is 5.10 Å². The maximum atomic E-state index is 4.42. The van der Waals surface area contributed by atoms with Crippen molar-refractivity contribution in [1.82, 2.24) is 10.2 Å². The fourth-order valence-electron chi connectivity index (χ4n) is 2.52. The molecule has 4 heteroatoms. The zero-order valence-electron chi connectivity index (χ0n) is 10.4. The average molecular weight is 306 g/mol. The number of anilines is 1. The van der Waals surface area contributed by atoms with Crippen LogP contribution in [0.5, 0.6) is 0 Å². The first kappa shape index (κ1) is 11.9. The largest absolute Gasteiger partial charge is 0.355 e. The van der Waals surface area contributed by atoms with Crippen LogP contribution < -0.4 is 4.90 Å². The summed E-state index contributed by atoms with van der Waals surface area (Å²) in [5.41, 5.74) is 1.00. The second-order valence-electron chi connectivity index (χ2n) is 4.82. The van der Waals surface area contributed by atoms with Gasteiger partial charge < -0.3 is 4.90 Å². The third-order valence-electron chi connectivity index (χ3n) is 3.58. The molecule has 2 heterocycles. The van der Waals surface area contributed by atoms with E-state index in [9.17, 15) is 0 Å². The molecule has 94 valence electrons. The van der Waals surface area contributed by atoms with E-state index >= 15 is 0 Å². The molecule has 1 aliphatic rings. The molecular formula is C14H16BrN3. The van der Waals surface area contributed by atoms with Crippen LogP contribution in [0.25, 0.3) is 10.8 Å². The van der Waals surface area contributed by atoms with Gasteiger partial charge in [-0.3, -0.25) is 0 Å². The third-order valence-corrected chi connectivity index (χ3v) is 4.49. The molecule has 0 saturated carbocycles. The van der Waals surface area contributed by atoms with Gasteiger partial charge in [0.2, 0.25) is 0 Å². The molecular weight excluding hydrogens is 290 g/mol. The summed E-state index contributed by atoms with van der Waals surface area (Å²) in [5.74, 6) is 1.04. The van der Waals surface area contributed by atoms with Gasteiger partial charge in [0.25, 0.3) is 0 Å². The first-order chi connectivity index (χ1) is 8.75. The van der Waals surface area contributed by atoms with Gasteiger partial charge in [0, 0.05) is 28.7 Å². The number of alkyl halides is 1.